The lowest BCUT2D eigenvalue weighted by molar-refractivity contribution is 0.0229. The minimum absolute atomic E-state index is 0.205. The molecule has 0 aliphatic rings. The van der Waals surface area contributed by atoms with E-state index in [0.717, 1.165) is 0 Å². The highest BCUT2D eigenvalue weighted by Gasteiger charge is 2.16. The van der Waals surface area contributed by atoms with Crippen molar-refractivity contribution in [1.82, 2.24) is 5.32 Å². The number of ether oxygens (including phenoxy) is 1. The second kappa shape index (κ2) is 7.24. The van der Waals surface area contributed by atoms with Gasteiger partial charge >= 0.3 is 0 Å². The Labute approximate surface area is 124 Å². The Morgan fingerprint density at radius 3 is 2.00 bits per heavy atom. The largest absolute Gasteiger partial charge is 0.376 e. The quantitative estimate of drug-likeness (QED) is 0.837. The Morgan fingerprint density at radius 2 is 1.60 bits per heavy atom. The van der Waals surface area contributed by atoms with Gasteiger partial charge in [-0.15, -0.1) is 0 Å². The molecule has 0 fully saturated rings. The van der Waals surface area contributed by atoms with Gasteiger partial charge < -0.3 is 10.1 Å². The molecule has 2 nitrogen and oxygen atoms in total. The zero-order valence-corrected chi connectivity index (χ0v) is 14.2. The second-order valence-corrected chi connectivity index (χ2v) is 7.00. The first-order valence-corrected chi connectivity index (χ1v) is 7.65. The normalized spacial score (nSPS) is 15.4. The van der Waals surface area contributed by atoms with Gasteiger partial charge in [0.1, 0.15) is 0 Å². The summed E-state index contributed by atoms with van der Waals surface area (Å²) in [6, 6.07) is 9.14. The molecule has 0 radical (unpaired) electrons. The smallest absolute Gasteiger partial charge is 0.0665 e. The number of hydrogen-bond acceptors (Lipinski definition) is 2. The molecule has 114 valence electrons. The molecule has 0 heterocycles. The van der Waals surface area contributed by atoms with Crippen molar-refractivity contribution >= 4 is 0 Å². The van der Waals surface area contributed by atoms with Crippen LogP contribution in [0, 0.1) is 5.92 Å². The second-order valence-electron chi connectivity index (χ2n) is 7.00. The van der Waals surface area contributed by atoms with Crippen LogP contribution in [-0.4, -0.2) is 19.8 Å². The Kier molecular flexibility index (Phi) is 6.22. The minimum atomic E-state index is 0.205. The number of likely N-dealkylation sites (N-methyl/N-ethyl adjacent to an activating group) is 1. The van der Waals surface area contributed by atoms with E-state index in [1.54, 1.807) is 0 Å². The molecule has 0 bridgehead atoms. The summed E-state index contributed by atoms with van der Waals surface area (Å²) in [7, 11) is 1.99. The summed E-state index contributed by atoms with van der Waals surface area (Å²) in [6.45, 7) is 14.0. The molecule has 1 aromatic rings. The first kappa shape index (κ1) is 17.2. The van der Waals surface area contributed by atoms with Crippen LogP contribution in [0.15, 0.2) is 24.3 Å². The molecule has 0 aliphatic heterocycles. The summed E-state index contributed by atoms with van der Waals surface area (Å²) in [5, 5.41) is 3.35. The number of hydrogen-bond donors (Lipinski definition) is 1. The predicted octanol–water partition coefficient (Wildman–Crippen LogP) is 4.31. The van der Waals surface area contributed by atoms with E-state index in [9.17, 15) is 0 Å². The van der Waals surface area contributed by atoms with Crippen molar-refractivity contribution in [2.45, 2.75) is 59.1 Å². The van der Waals surface area contributed by atoms with Crippen LogP contribution in [0.2, 0.25) is 0 Å². The molecule has 0 saturated heterocycles. The first-order chi connectivity index (χ1) is 9.25. The van der Waals surface area contributed by atoms with Crippen LogP contribution >= 0.6 is 0 Å². The van der Waals surface area contributed by atoms with Gasteiger partial charge in [0.05, 0.1) is 18.8 Å². The van der Waals surface area contributed by atoms with Crippen molar-refractivity contribution in [3.05, 3.63) is 35.4 Å². The van der Waals surface area contributed by atoms with Crippen LogP contribution < -0.4 is 5.32 Å². The summed E-state index contributed by atoms with van der Waals surface area (Å²) in [6.07, 6.45) is 0.291. The van der Waals surface area contributed by atoms with Crippen LogP contribution in [0.3, 0.4) is 0 Å². The van der Waals surface area contributed by atoms with Gasteiger partial charge in [0.25, 0.3) is 0 Å². The van der Waals surface area contributed by atoms with Gasteiger partial charge in [-0.3, -0.25) is 0 Å². The SMILES string of the molecule is CNC(COC(C)C(C)C)c1ccc(C(C)(C)C)cc1. The summed E-state index contributed by atoms with van der Waals surface area (Å²) >= 11 is 0. The van der Waals surface area contributed by atoms with E-state index in [-0.39, 0.29) is 11.5 Å². The van der Waals surface area contributed by atoms with Crippen molar-refractivity contribution in [3.8, 4) is 0 Å². The average molecular weight is 277 g/mol. The van der Waals surface area contributed by atoms with Crippen LogP contribution in [0.1, 0.15) is 58.7 Å². The fourth-order valence-corrected chi connectivity index (χ4v) is 2.00. The van der Waals surface area contributed by atoms with Crippen molar-refractivity contribution in [1.29, 1.82) is 0 Å². The van der Waals surface area contributed by atoms with Gasteiger partial charge in [0.15, 0.2) is 0 Å². The van der Waals surface area contributed by atoms with E-state index in [0.29, 0.717) is 18.6 Å². The standard InChI is InChI=1S/C18H31NO/c1-13(2)14(3)20-12-17(19-7)15-8-10-16(11-9-15)18(4,5)6/h8-11,13-14,17,19H,12H2,1-7H3. The van der Waals surface area contributed by atoms with Gasteiger partial charge in [-0.2, -0.15) is 0 Å². The van der Waals surface area contributed by atoms with Crippen molar-refractivity contribution in [2.75, 3.05) is 13.7 Å². The fourth-order valence-electron chi connectivity index (χ4n) is 2.00. The lowest BCUT2D eigenvalue weighted by Gasteiger charge is -2.24. The summed E-state index contributed by atoms with van der Waals surface area (Å²) in [5.74, 6) is 0.552. The number of nitrogens with one attached hydrogen (secondary N) is 1. The minimum Gasteiger partial charge on any atom is -0.376 e. The van der Waals surface area contributed by atoms with E-state index >= 15 is 0 Å². The Balaban J connectivity index is 2.71. The third kappa shape index (κ3) is 4.92. The molecule has 2 atom stereocenters. The third-order valence-corrected chi connectivity index (χ3v) is 3.99. The molecule has 0 aromatic heterocycles. The highest BCUT2D eigenvalue weighted by molar-refractivity contribution is 5.29. The molecular formula is C18H31NO. The molecule has 20 heavy (non-hydrogen) atoms. The zero-order valence-electron chi connectivity index (χ0n) is 14.2. The number of benzene rings is 1. The molecule has 0 saturated carbocycles. The summed E-state index contributed by atoms with van der Waals surface area (Å²) < 4.78 is 5.95. The highest BCUT2D eigenvalue weighted by atomic mass is 16.5. The monoisotopic (exact) mass is 277 g/mol. The van der Waals surface area contributed by atoms with Gasteiger partial charge in [-0.05, 0) is 36.4 Å². The van der Waals surface area contributed by atoms with E-state index in [4.69, 9.17) is 4.74 Å². The Hall–Kier alpha value is -0.860. The topological polar surface area (TPSA) is 21.3 Å². The lowest BCUT2D eigenvalue weighted by atomic mass is 9.86. The van der Waals surface area contributed by atoms with Crippen molar-refractivity contribution in [3.63, 3.8) is 0 Å². The van der Waals surface area contributed by atoms with Gasteiger partial charge in [-0.25, -0.2) is 0 Å². The maximum atomic E-state index is 5.95. The first-order valence-electron chi connectivity index (χ1n) is 7.65. The number of rotatable bonds is 6. The maximum absolute atomic E-state index is 5.95. The summed E-state index contributed by atoms with van der Waals surface area (Å²) in [5.41, 5.74) is 2.86. The van der Waals surface area contributed by atoms with Gasteiger partial charge in [0, 0.05) is 0 Å². The van der Waals surface area contributed by atoms with Crippen molar-refractivity contribution in [2.24, 2.45) is 5.92 Å². The van der Waals surface area contributed by atoms with E-state index < -0.39 is 0 Å². The van der Waals surface area contributed by atoms with E-state index in [1.807, 2.05) is 7.05 Å². The highest BCUT2D eigenvalue weighted by Crippen LogP contribution is 2.24. The lowest BCUT2D eigenvalue weighted by Crippen LogP contribution is -2.26. The molecule has 0 amide bonds. The fraction of sp³-hybridized carbons (Fsp3) is 0.667. The molecule has 1 N–H and O–H groups in total. The molecule has 0 spiro atoms. The summed E-state index contributed by atoms with van der Waals surface area (Å²) in [4.78, 5) is 0. The van der Waals surface area contributed by atoms with Gasteiger partial charge in [-0.1, -0.05) is 58.9 Å². The van der Waals surface area contributed by atoms with Crippen molar-refractivity contribution < 1.29 is 4.74 Å². The average Bonchev–Trinajstić information content (AvgIpc) is 2.38. The van der Waals surface area contributed by atoms with Crippen LogP contribution in [0.5, 0.6) is 0 Å². The molecule has 0 aliphatic carbocycles. The van der Waals surface area contributed by atoms with E-state index in [2.05, 4.69) is 71.1 Å². The maximum Gasteiger partial charge on any atom is 0.0665 e. The molecule has 1 aromatic carbocycles. The molecule has 1 rings (SSSR count). The van der Waals surface area contributed by atoms with Crippen LogP contribution in [0.25, 0.3) is 0 Å². The molecule has 2 unspecified atom stereocenters. The Bertz CT molecular complexity index is 389. The zero-order chi connectivity index (χ0) is 15.3. The van der Waals surface area contributed by atoms with Crippen LogP contribution in [-0.2, 0) is 10.2 Å². The van der Waals surface area contributed by atoms with Gasteiger partial charge in [0.2, 0.25) is 0 Å². The molecular weight excluding hydrogens is 246 g/mol. The third-order valence-electron chi connectivity index (χ3n) is 3.99. The Morgan fingerprint density at radius 1 is 1.05 bits per heavy atom. The molecule has 2 heteroatoms. The predicted molar refractivity (Wildman–Crippen MR) is 87.2 cm³/mol. The van der Waals surface area contributed by atoms with E-state index in [1.165, 1.54) is 11.1 Å². The van der Waals surface area contributed by atoms with Crippen LogP contribution in [0.4, 0.5) is 0 Å².